The Kier molecular flexibility index (Phi) is 6.55. The fourth-order valence-electron chi connectivity index (χ4n) is 1.62. The molecule has 1 amide bonds. The van der Waals surface area contributed by atoms with Gasteiger partial charge in [-0.3, -0.25) is 0 Å². The summed E-state index contributed by atoms with van der Waals surface area (Å²) in [5.41, 5.74) is 0.214. The smallest absolute Gasteiger partial charge is 0.407 e. The molecule has 0 aliphatic rings. The van der Waals surface area contributed by atoms with Gasteiger partial charge in [-0.2, -0.15) is 0 Å². The quantitative estimate of drug-likeness (QED) is 0.794. The van der Waals surface area contributed by atoms with Gasteiger partial charge in [-0.25, -0.2) is 13.6 Å². The van der Waals surface area contributed by atoms with E-state index in [0.29, 0.717) is 26.1 Å². The standard InChI is InChI=1S/C15H22F2N2O2/c1-15(2,3)21-14(20)19-9-8-18-7-6-11-4-5-12(16)13(17)10-11/h4-5,10,18H,6-9H2,1-3H3,(H,19,20). The number of nitrogens with one attached hydrogen (secondary N) is 2. The fourth-order valence-corrected chi connectivity index (χ4v) is 1.62. The SMILES string of the molecule is CC(C)(C)OC(=O)NCCNCCc1ccc(F)c(F)c1. The second-order valence-corrected chi connectivity index (χ2v) is 5.68. The molecule has 1 aromatic carbocycles. The highest BCUT2D eigenvalue weighted by Gasteiger charge is 2.15. The van der Waals surface area contributed by atoms with Crippen LogP contribution >= 0.6 is 0 Å². The van der Waals surface area contributed by atoms with Gasteiger partial charge in [-0.1, -0.05) is 6.07 Å². The number of hydrogen-bond acceptors (Lipinski definition) is 3. The van der Waals surface area contributed by atoms with Crippen molar-refractivity contribution in [2.45, 2.75) is 32.8 Å². The summed E-state index contributed by atoms with van der Waals surface area (Å²) in [5, 5.41) is 5.72. The Morgan fingerprint density at radius 1 is 1.14 bits per heavy atom. The van der Waals surface area contributed by atoms with Crippen molar-refractivity contribution < 1.29 is 18.3 Å². The summed E-state index contributed by atoms with van der Waals surface area (Å²) in [4.78, 5) is 11.3. The fraction of sp³-hybridized carbons (Fsp3) is 0.533. The molecule has 0 spiro atoms. The maximum absolute atomic E-state index is 13.0. The first-order chi connectivity index (χ1) is 9.78. The number of alkyl carbamates (subject to hydrolysis) is 1. The highest BCUT2D eigenvalue weighted by Crippen LogP contribution is 2.08. The summed E-state index contributed by atoms with van der Waals surface area (Å²) in [6.45, 7) is 7.02. The molecule has 21 heavy (non-hydrogen) atoms. The van der Waals surface area contributed by atoms with E-state index in [1.165, 1.54) is 6.07 Å². The van der Waals surface area contributed by atoms with Gasteiger partial charge in [0.15, 0.2) is 11.6 Å². The van der Waals surface area contributed by atoms with Crippen molar-refractivity contribution in [2.75, 3.05) is 19.6 Å². The molecule has 0 saturated heterocycles. The molecule has 118 valence electrons. The van der Waals surface area contributed by atoms with Gasteiger partial charge in [0, 0.05) is 13.1 Å². The highest BCUT2D eigenvalue weighted by atomic mass is 19.2. The predicted octanol–water partition coefficient (Wildman–Crippen LogP) is 2.62. The lowest BCUT2D eigenvalue weighted by molar-refractivity contribution is 0.0528. The zero-order valence-corrected chi connectivity index (χ0v) is 12.6. The van der Waals surface area contributed by atoms with Crippen LogP contribution in [0.15, 0.2) is 18.2 Å². The minimum atomic E-state index is -0.840. The molecule has 0 bridgehead atoms. The monoisotopic (exact) mass is 300 g/mol. The van der Waals surface area contributed by atoms with Gasteiger partial charge in [0.2, 0.25) is 0 Å². The summed E-state index contributed by atoms with van der Waals surface area (Å²) >= 11 is 0. The highest BCUT2D eigenvalue weighted by molar-refractivity contribution is 5.67. The van der Waals surface area contributed by atoms with Crippen molar-refractivity contribution in [1.82, 2.24) is 10.6 Å². The average molecular weight is 300 g/mol. The average Bonchev–Trinajstić information content (AvgIpc) is 2.35. The second kappa shape index (κ2) is 7.93. The zero-order valence-electron chi connectivity index (χ0n) is 12.6. The van der Waals surface area contributed by atoms with Crippen molar-refractivity contribution >= 4 is 6.09 Å². The Morgan fingerprint density at radius 2 is 1.86 bits per heavy atom. The minimum absolute atomic E-state index is 0.437. The molecule has 2 N–H and O–H groups in total. The first-order valence-electron chi connectivity index (χ1n) is 6.89. The third-order valence-corrected chi connectivity index (χ3v) is 2.54. The predicted molar refractivity (Wildman–Crippen MR) is 77.2 cm³/mol. The van der Waals surface area contributed by atoms with Gasteiger partial charge in [-0.05, 0) is 51.4 Å². The summed E-state index contributed by atoms with van der Waals surface area (Å²) in [7, 11) is 0. The van der Waals surface area contributed by atoms with Crippen LogP contribution in [-0.2, 0) is 11.2 Å². The number of carbonyl (C=O) groups is 1. The third-order valence-electron chi connectivity index (χ3n) is 2.54. The normalized spacial score (nSPS) is 11.3. The zero-order chi connectivity index (χ0) is 15.9. The van der Waals surface area contributed by atoms with E-state index in [-0.39, 0.29) is 0 Å². The van der Waals surface area contributed by atoms with Crippen molar-refractivity contribution in [3.05, 3.63) is 35.4 Å². The van der Waals surface area contributed by atoms with Crippen molar-refractivity contribution in [3.63, 3.8) is 0 Å². The maximum Gasteiger partial charge on any atom is 0.407 e. The Bertz CT molecular complexity index is 473. The molecule has 1 aromatic rings. The molecule has 0 radical (unpaired) electrons. The largest absolute Gasteiger partial charge is 0.444 e. The van der Waals surface area contributed by atoms with E-state index in [0.717, 1.165) is 11.6 Å². The van der Waals surface area contributed by atoms with E-state index in [1.54, 1.807) is 26.8 Å². The van der Waals surface area contributed by atoms with Gasteiger partial charge >= 0.3 is 6.09 Å². The Hall–Kier alpha value is -1.69. The number of hydrogen-bond donors (Lipinski definition) is 2. The lowest BCUT2D eigenvalue weighted by atomic mass is 10.1. The molecule has 0 aliphatic heterocycles. The van der Waals surface area contributed by atoms with E-state index in [2.05, 4.69) is 10.6 Å². The Balaban J connectivity index is 2.12. The number of rotatable bonds is 6. The van der Waals surface area contributed by atoms with Crippen LogP contribution in [0.1, 0.15) is 26.3 Å². The molecule has 1 rings (SSSR count). The van der Waals surface area contributed by atoms with Crippen LogP contribution in [0.25, 0.3) is 0 Å². The Labute approximate surface area is 123 Å². The van der Waals surface area contributed by atoms with Crippen LogP contribution in [0.4, 0.5) is 13.6 Å². The molecule has 0 unspecified atom stereocenters. The van der Waals surface area contributed by atoms with E-state index in [4.69, 9.17) is 4.74 Å². The lowest BCUT2D eigenvalue weighted by Gasteiger charge is -2.19. The van der Waals surface area contributed by atoms with Crippen molar-refractivity contribution in [1.29, 1.82) is 0 Å². The number of halogens is 2. The number of benzene rings is 1. The van der Waals surface area contributed by atoms with Crippen LogP contribution in [-0.4, -0.2) is 31.3 Å². The number of carbonyl (C=O) groups excluding carboxylic acids is 1. The molecule has 6 heteroatoms. The second-order valence-electron chi connectivity index (χ2n) is 5.68. The molecule has 0 heterocycles. The van der Waals surface area contributed by atoms with E-state index in [9.17, 15) is 13.6 Å². The molecular formula is C15H22F2N2O2. The summed E-state index contributed by atoms with van der Waals surface area (Å²) in [5.74, 6) is -1.67. The summed E-state index contributed by atoms with van der Waals surface area (Å²) in [6, 6.07) is 3.86. The van der Waals surface area contributed by atoms with Crippen LogP contribution in [0.5, 0.6) is 0 Å². The number of amides is 1. The maximum atomic E-state index is 13.0. The molecule has 0 aromatic heterocycles. The van der Waals surface area contributed by atoms with Gasteiger partial charge in [0.05, 0.1) is 0 Å². The summed E-state index contributed by atoms with van der Waals surface area (Å²) < 4.78 is 30.8. The Morgan fingerprint density at radius 3 is 2.48 bits per heavy atom. The van der Waals surface area contributed by atoms with Crippen LogP contribution < -0.4 is 10.6 Å². The van der Waals surface area contributed by atoms with Crippen molar-refractivity contribution in [2.24, 2.45) is 0 Å². The third kappa shape index (κ3) is 7.60. The molecular weight excluding hydrogens is 278 g/mol. The summed E-state index contributed by atoms with van der Waals surface area (Å²) in [6.07, 6.45) is 0.133. The lowest BCUT2D eigenvalue weighted by Crippen LogP contribution is -2.36. The van der Waals surface area contributed by atoms with Crippen LogP contribution in [0.3, 0.4) is 0 Å². The van der Waals surface area contributed by atoms with E-state index < -0.39 is 23.3 Å². The minimum Gasteiger partial charge on any atom is -0.444 e. The number of ether oxygens (including phenoxy) is 1. The molecule has 0 atom stereocenters. The van der Waals surface area contributed by atoms with Crippen molar-refractivity contribution in [3.8, 4) is 0 Å². The molecule has 0 aliphatic carbocycles. The molecule has 4 nitrogen and oxygen atoms in total. The molecule has 0 fully saturated rings. The van der Waals surface area contributed by atoms with Gasteiger partial charge in [0.25, 0.3) is 0 Å². The molecule has 0 saturated carbocycles. The first kappa shape index (κ1) is 17.4. The topological polar surface area (TPSA) is 50.4 Å². The first-order valence-corrected chi connectivity index (χ1v) is 6.89. The van der Waals surface area contributed by atoms with Gasteiger partial charge < -0.3 is 15.4 Å². The van der Waals surface area contributed by atoms with Gasteiger partial charge in [-0.15, -0.1) is 0 Å². The van der Waals surface area contributed by atoms with Crippen LogP contribution in [0.2, 0.25) is 0 Å². The van der Waals surface area contributed by atoms with Crippen LogP contribution in [0, 0.1) is 11.6 Å². The van der Waals surface area contributed by atoms with E-state index >= 15 is 0 Å². The van der Waals surface area contributed by atoms with E-state index in [1.807, 2.05) is 0 Å². The van der Waals surface area contributed by atoms with Gasteiger partial charge in [0.1, 0.15) is 5.60 Å².